The highest BCUT2D eigenvalue weighted by atomic mass is 35.5. The monoisotopic (exact) mass is 401 g/mol. The van der Waals surface area contributed by atoms with E-state index in [2.05, 4.69) is 15.3 Å². The van der Waals surface area contributed by atoms with E-state index in [-0.39, 0.29) is 43.3 Å². The van der Waals surface area contributed by atoms with Gasteiger partial charge in [-0.3, -0.25) is 10.1 Å². The van der Waals surface area contributed by atoms with Crippen LogP contribution in [-0.2, 0) is 0 Å². The van der Waals surface area contributed by atoms with Gasteiger partial charge < -0.3 is 15.0 Å². The van der Waals surface area contributed by atoms with Gasteiger partial charge >= 0.3 is 5.69 Å². The van der Waals surface area contributed by atoms with Crippen molar-refractivity contribution in [2.24, 2.45) is 0 Å². The molecule has 2 rings (SSSR count). The van der Waals surface area contributed by atoms with E-state index in [4.69, 9.17) is 26.9 Å². The van der Waals surface area contributed by atoms with Crippen molar-refractivity contribution in [3.8, 4) is 17.9 Å². The smallest absolute Gasteiger partial charge is 0.353 e. The van der Waals surface area contributed by atoms with Crippen LogP contribution in [0.5, 0.6) is 5.75 Å². The molecule has 0 fully saturated rings. The summed E-state index contributed by atoms with van der Waals surface area (Å²) in [6.07, 6.45) is 1.42. The normalized spacial score (nSPS) is 9.86. The third-order valence-corrected chi connectivity index (χ3v) is 3.92. The molecule has 2 aromatic rings. The van der Waals surface area contributed by atoms with Crippen LogP contribution in [0.1, 0.15) is 12.8 Å². The summed E-state index contributed by atoms with van der Waals surface area (Å²) in [6, 6.07) is 8.76. The van der Waals surface area contributed by atoms with Gasteiger partial charge in [-0.05, 0) is 18.2 Å². The Morgan fingerprint density at radius 3 is 2.54 bits per heavy atom. The molecule has 0 unspecified atom stereocenters. The summed E-state index contributed by atoms with van der Waals surface area (Å²) in [5.74, 6) is 0.383. The lowest BCUT2D eigenvalue weighted by atomic mass is 10.2. The van der Waals surface area contributed by atoms with Gasteiger partial charge in [-0.25, -0.2) is 9.97 Å². The van der Waals surface area contributed by atoms with Gasteiger partial charge in [0, 0.05) is 18.1 Å². The predicted octanol–water partition coefficient (Wildman–Crippen LogP) is 3.42. The van der Waals surface area contributed by atoms with E-state index in [0.717, 1.165) is 0 Å². The van der Waals surface area contributed by atoms with Crippen molar-refractivity contribution >= 4 is 34.6 Å². The molecule has 1 heterocycles. The molecule has 0 atom stereocenters. The molecule has 11 heteroatoms. The Hall–Kier alpha value is -3.63. The number of nitro groups is 1. The van der Waals surface area contributed by atoms with E-state index in [1.807, 2.05) is 12.1 Å². The van der Waals surface area contributed by atoms with Crippen molar-refractivity contribution in [1.82, 2.24) is 9.97 Å². The first-order valence-corrected chi connectivity index (χ1v) is 8.48. The van der Waals surface area contributed by atoms with Crippen molar-refractivity contribution in [3.63, 3.8) is 0 Å². The van der Waals surface area contributed by atoms with Gasteiger partial charge in [0.15, 0.2) is 0 Å². The van der Waals surface area contributed by atoms with Crippen LogP contribution < -0.4 is 15.0 Å². The topological polar surface area (TPSA) is 141 Å². The molecule has 0 amide bonds. The molecular formula is C17H16ClN7O3. The number of nitriles is 2. The van der Waals surface area contributed by atoms with E-state index in [9.17, 15) is 10.1 Å². The lowest BCUT2D eigenvalue weighted by molar-refractivity contribution is -0.383. The fourth-order valence-corrected chi connectivity index (χ4v) is 2.63. The summed E-state index contributed by atoms with van der Waals surface area (Å²) < 4.78 is 5.24. The zero-order chi connectivity index (χ0) is 20.5. The minimum atomic E-state index is -0.611. The second-order valence-corrected chi connectivity index (χ2v) is 5.86. The van der Waals surface area contributed by atoms with E-state index in [0.29, 0.717) is 16.5 Å². The Morgan fingerprint density at radius 2 is 1.96 bits per heavy atom. The Morgan fingerprint density at radius 1 is 1.29 bits per heavy atom. The number of hydrogen-bond donors (Lipinski definition) is 1. The van der Waals surface area contributed by atoms with Crippen LogP contribution in [0.4, 0.5) is 23.0 Å². The molecule has 0 spiro atoms. The second-order valence-electron chi connectivity index (χ2n) is 5.42. The molecule has 0 aliphatic carbocycles. The number of ether oxygens (including phenoxy) is 1. The number of nitrogens with one attached hydrogen (secondary N) is 1. The van der Waals surface area contributed by atoms with Crippen molar-refractivity contribution in [2.45, 2.75) is 12.8 Å². The number of anilines is 3. The van der Waals surface area contributed by atoms with Crippen LogP contribution in [-0.4, -0.2) is 35.1 Å². The van der Waals surface area contributed by atoms with Crippen molar-refractivity contribution in [3.05, 3.63) is 39.7 Å². The summed E-state index contributed by atoms with van der Waals surface area (Å²) in [7, 11) is 1.46. The molecule has 1 aromatic heterocycles. The number of benzene rings is 1. The first-order chi connectivity index (χ1) is 13.5. The molecule has 0 radical (unpaired) electrons. The van der Waals surface area contributed by atoms with Crippen LogP contribution >= 0.6 is 11.6 Å². The van der Waals surface area contributed by atoms with Crippen LogP contribution in [0.25, 0.3) is 0 Å². The van der Waals surface area contributed by atoms with E-state index in [1.54, 1.807) is 18.2 Å². The molecule has 144 valence electrons. The lowest BCUT2D eigenvalue weighted by Gasteiger charge is -2.21. The molecule has 0 bridgehead atoms. The standard InChI is InChI=1S/C17H16ClN7O3/c1-28-14-5-4-12(18)10-13(14)23-16-15(25(26)27)17(22-11-21-16)24(8-2-6-19)9-3-7-20/h4-5,10-11H,2-3,8-9H2,1H3,(H,21,22,23). The van der Waals surface area contributed by atoms with Crippen LogP contribution in [0.2, 0.25) is 5.02 Å². The number of nitrogens with zero attached hydrogens (tertiary/aromatic N) is 6. The summed E-state index contributed by atoms with van der Waals surface area (Å²) in [4.78, 5) is 20.7. The van der Waals surface area contributed by atoms with E-state index in [1.165, 1.54) is 18.3 Å². The van der Waals surface area contributed by atoms with Gasteiger partial charge in [0.2, 0.25) is 11.6 Å². The molecule has 1 aromatic carbocycles. The molecule has 1 N–H and O–H groups in total. The Labute approximate surface area is 166 Å². The molecular weight excluding hydrogens is 386 g/mol. The number of aromatic nitrogens is 2. The molecule has 0 saturated heterocycles. The summed E-state index contributed by atoms with van der Waals surface area (Å²) in [6.45, 7) is 0.381. The van der Waals surface area contributed by atoms with Crippen LogP contribution in [0.15, 0.2) is 24.5 Å². The fraction of sp³-hybridized carbons (Fsp3) is 0.294. The zero-order valence-corrected chi connectivity index (χ0v) is 15.7. The second kappa shape index (κ2) is 9.90. The molecule has 0 aliphatic heterocycles. The highest BCUT2D eigenvalue weighted by Crippen LogP contribution is 2.36. The van der Waals surface area contributed by atoms with Crippen molar-refractivity contribution < 1.29 is 9.66 Å². The zero-order valence-electron chi connectivity index (χ0n) is 14.9. The summed E-state index contributed by atoms with van der Waals surface area (Å²) >= 11 is 6.01. The van der Waals surface area contributed by atoms with Gasteiger partial charge in [-0.1, -0.05) is 11.6 Å². The maximum absolute atomic E-state index is 11.8. The lowest BCUT2D eigenvalue weighted by Crippen LogP contribution is -2.27. The SMILES string of the molecule is COc1ccc(Cl)cc1Nc1ncnc(N(CCC#N)CCC#N)c1[N+](=O)[O-]. The van der Waals surface area contributed by atoms with Crippen LogP contribution in [0, 0.1) is 32.8 Å². The highest BCUT2D eigenvalue weighted by molar-refractivity contribution is 6.31. The quantitative estimate of drug-likeness (QED) is 0.493. The number of hydrogen-bond acceptors (Lipinski definition) is 9. The summed E-state index contributed by atoms with van der Waals surface area (Å²) in [5.41, 5.74) is 0.0174. The first kappa shape index (κ1) is 20.7. The predicted molar refractivity (Wildman–Crippen MR) is 103 cm³/mol. The fourth-order valence-electron chi connectivity index (χ4n) is 2.46. The number of methoxy groups -OCH3 is 1. The summed E-state index contributed by atoms with van der Waals surface area (Å²) in [5, 5.41) is 32.8. The van der Waals surface area contributed by atoms with Gasteiger partial charge in [0.05, 0.1) is 42.7 Å². The van der Waals surface area contributed by atoms with Gasteiger partial charge in [-0.15, -0.1) is 0 Å². The van der Waals surface area contributed by atoms with Gasteiger partial charge in [-0.2, -0.15) is 10.5 Å². The average molecular weight is 402 g/mol. The van der Waals surface area contributed by atoms with E-state index < -0.39 is 4.92 Å². The number of rotatable bonds is 9. The number of halogens is 1. The van der Waals surface area contributed by atoms with Crippen molar-refractivity contribution in [2.75, 3.05) is 30.4 Å². The Kier molecular flexibility index (Phi) is 7.31. The van der Waals surface area contributed by atoms with Crippen molar-refractivity contribution in [1.29, 1.82) is 10.5 Å². The van der Waals surface area contributed by atoms with Crippen LogP contribution in [0.3, 0.4) is 0 Å². The maximum atomic E-state index is 11.8. The molecule has 0 saturated carbocycles. The Balaban J connectivity index is 2.51. The Bertz CT molecular complexity index is 921. The molecule has 28 heavy (non-hydrogen) atoms. The highest BCUT2D eigenvalue weighted by Gasteiger charge is 2.27. The maximum Gasteiger partial charge on any atom is 0.353 e. The first-order valence-electron chi connectivity index (χ1n) is 8.10. The third kappa shape index (κ3) is 4.96. The minimum absolute atomic E-state index is 0.0222. The third-order valence-electron chi connectivity index (χ3n) is 3.69. The molecule has 10 nitrogen and oxygen atoms in total. The largest absolute Gasteiger partial charge is 0.495 e. The minimum Gasteiger partial charge on any atom is -0.495 e. The van der Waals surface area contributed by atoms with E-state index >= 15 is 0 Å². The van der Waals surface area contributed by atoms with Gasteiger partial charge in [0.25, 0.3) is 0 Å². The average Bonchev–Trinajstić information content (AvgIpc) is 2.68. The molecule has 0 aliphatic rings. The van der Waals surface area contributed by atoms with Gasteiger partial charge in [0.1, 0.15) is 12.1 Å².